The summed E-state index contributed by atoms with van der Waals surface area (Å²) in [5.41, 5.74) is 2.70. The molecule has 1 nitrogen and oxygen atoms in total. The molecular formula is C15H21N. The van der Waals surface area contributed by atoms with Crippen molar-refractivity contribution in [2.45, 2.75) is 39.2 Å². The second-order valence-electron chi connectivity index (χ2n) is 5.03. The van der Waals surface area contributed by atoms with Gasteiger partial charge in [0.25, 0.3) is 0 Å². The summed E-state index contributed by atoms with van der Waals surface area (Å²) in [5.74, 6) is 2.77. The Morgan fingerprint density at radius 1 is 1.25 bits per heavy atom. The molecule has 1 N–H and O–H groups in total. The summed E-state index contributed by atoms with van der Waals surface area (Å²) in [5, 5.41) is 3.27. The molecule has 1 aromatic rings. The Morgan fingerprint density at radius 3 is 2.19 bits per heavy atom. The van der Waals surface area contributed by atoms with Crippen molar-refractivity contribution in [2.24, 2.45) is 0 Å². The first-order valence-electron chi connectivity index (χ1n) is 5.79. The third kappa shape index (κ3) is 3.12. The fraction of sp³-hybridized carbons (Fsp3) is 0.467. The van der Waals surface area contributed by atoms with Crippen molar-refractivity contribution in [3.63, 3.8) is 0 Å². The van der Waals surface area contributed by atoms with Crippen LogP contribution in [0.2, 0.25) is 0 Å². The minimum absolute atomic E-state index is 0.0269. The van der Waals surface area contributed by atoms with E-state index in [1.165, 1.54) is 5.56 Å². The van der Waals surface area contributed by atoms with Gasteiger partial charge >= 0.3 is 0 Å². The summed E-state index contributed by atoms with van der Waals surface area (Å²) in [6.07, 6.45) is 5.50. The maximum atomic E-state index is 5.50. The SMILES string of the molecule is C#CC(NCC)c1ccc(C(C)(C)C)cc1. The highest BCUT2D eigenvalue weighted by Gasteiger charge is 2.14. The Morgan fingerprint density at radius 2 is 1.81 bits per heavy atom. The second-order valence-corrected chi connectivity index (χ2v) is 5.03. The van der Waals surface area contributed by atoms with Gasteiger partial charge in [-0.2, -0.15) is 0 Å². The molecule has 0 aliphatic rings. The first-order chi connectivity index (χ1) is 7.49. The molecule has 0 aliphatic heterocycles. The van der Waals surface area contributed by atoms with E-state index in [-0.39, 0.29) is 11.5 Å². The Bertz CT molecular complexity index is 362. The van der Waals surface area contributed by atoms with Gasteiger partial charge in [0.2, 0.25) is 0 Å². The van der Waals surface area contributed by atoms with E-state index in [2.05, 4.69) is 63.2 Å². The van der Waals surface area contributed by atoms with E-state index in [4.69, 9.17) is 6.42 Å². The van der Waals surface area contributed by atoms with Crippen molar-refractivity contribution >= 4 is 0 Å². The highest BCUT2D eigenvalue weighted by atomic mass is 14.9. The Kier molecular flexibility index (Phi) is 4.15. The Hall–Kier alpha value is -1.26. The van der Waals surface area contributed by atoms with Crippen molar-refractivity contribution in [2.75, 3.05) is 6.54 Å². The van der Waals surface area contributed by atoms with Crippen LogP contribution in [0.1, 0.15) is 44.9 Å². The van der Waals surface area contributed by atoms with Crippen LogP contribution >= 0.6 is 0 Å². The van der Waals surface area contributed by atoms with Crippen molar-refractivity contribution in [1.82, 2.24) is 5.32 Å². The van der Waals surface area contributed by atoms with E-state index in [0.717, 1.165) is 12.1 Å². The van der Waals surface area contributed by atoms with Gasteiger partial charge in [-0.3, -0.25) is 0 Å². The fourth-order valence-corrected chi connectivity index (χ4v) is 1.65. The number of hydrogen-bond acceptors (Lipinski definition) is 1. The predicted octanol–water partition coefficient (Wildman–Crippen LogP) is 3.27. The fourth-order valence-electron chi connectivity index (χ4n) is 1.65. The zero-order valence-electron chi connectivity index (χ0n) is 10.7. The zero-order chi connectivity index (χ0) is 12.2. The molecule has 0 amide bonds. The van der Waals surface area contributed by atoms with Crippen LogP contribution < -0.4 is 5.32 Å². The third-order valence-electron chi connectivity index (χ3n) is 2.68. The number of benzene rings is 1. The molecule has 1 rings (SSSR count). The summed E-state index contributed by atoms with van der Waals surface area (Å²) >= 11 is 0. The molecular weight excluding hydrogens is 194 g/mol. The van der Waals surface area contributed by atoms with E-state index in [9.17, 15) is 0 Å². The third-order valence-corrected chi connectivity index (χ3v) is 2.68. The van der Waals surface area contributed by atoms with Gasteiger partial charge in [-0.1, -0.05) is 57.9 Å². The van der Waals surface area contributed by atoms with E-state index in [0.29, 0.717) is 0 Å². The molecule has 1 heteroatoms. The average molecular weight is 215 g/mol. The number of terminal acetylenes is 1. The lowest BCUT2D eigenvalue weighted by Gasteiger charge is -2.20. The van der Waals surface area contributed by atoms with Gasteiger partial charge in [0.1, 0.15) is 0 Å². The van der Waals surface area contributed by atoms with Crippen LogP contribution in [-0.4, -0.2) is 6.54 Å². The molecule has 0 spiro atoms. The lowest BCUT2D eigenvalue weighted by molar-refractivity contribution is 0.589. The van der Waals surface area contributed by atoms with Crippen LogP contribution in [0.3, 0.4) is 0 Å². The molecule has 0 fully saturated rings. The van der Waals surface area contributed by atoms with Gasteiger partial charge in [-0.05, 0) is 23.1 Å². The van der Waals surface area contributed by atoms with Crippen LogP contribution in [0.4, 0.5) is 0 Å². The van der Waals surface area contributed by atoms with E-state index in [1.807, 2.05) is 0 Å². The largest absolute Gasteiger partial charge is 0.300 e. The van der Waals surface area contributed by atoms with Crippen LogP contribution in [0.25, 0.3) is 0 Å². The summed E-state index contributed by atoms with van der Waals surface area (Å²) in [6.45, 7) is 9.59. The highest BCUT2D eigenvalue weighted by molar-refractivity contribution is 5.32. The molecule has 1 atom stereocenters. The average Bonchev–Trinajstić information content (AvgIpc) is 2.25. The molecule has 0 aromatic heterocycles. The van der Waals surface area contributed by atoms with Crippen molar-refractivity contribution in [3.8, 4) is 12.3 Å². The van der Waals surface area contributed by atoms with Crippen LogP contribution in [0.5, 0.6) is 0 Å². The maximum Gasteiger partial charge on any atom is 0.0943 e. The van der Waals surface area contributed by atoms with Gasteiger partial charge < -0.3 is 5.32 Å². The van der Waals surface area contributed by atoms with Crippen molar-refractivity contribution < 1.29 is 0 Å². The van der Waals surface area contributed by atoms with Gasteiger partial charge in [0.15, 0.2) is 0 Å². The molecule has 1 unspecified atom stereocenters. The molecule has 16 heavy (non-hydrogen) atoms. The lowest BCUT2D eigenvalue weighted by atomic mass is 9.86. The summed E-state index contributed by atoms with van der Waals surface area (Å²) < 4.78 is 0. The molecule has 0 radical (unpaired) electrons. The van der Waals surface area contributed by atoms with E-state index >= 15 is 0 Å². The van der Waals surface area contributed by atoms with Crippen LogP contribution in [-0.2, 0) is 5.41 Å². The molecule has 0 saturated carbocycles. The number of nitrogens with one attached hydrogen (secondary N) is 1. The summed E-state index contributed by atoms with van der Waals surface area (Å²) in [6, 6.07) is 8.59. The minimum Gasteiger partial charge on any atom is -0.300 e. The van der Waals surface area contributed by atoms with E-state index in [1.54, 1.807) is 0 Å². The monoisotopic (exact) mass is 215 g/mol. The zero-order valence-corrected chi connectivity index (χ0v) is 10.7. The number of hydrogen-bond donors (Lipinski definition) is 1. The topological polar surface area (TPSA) is 12.0 Å². The van der Waals surface area contributed by atoms with Gasteiger partial charge in [0, 0.05) is 0 Å². The smallest absolute Gasteiger partial charge is 0.0943 e. The second kappa shape index (κ2) is 5.18. The first-order valence-corrected chi connectivity index (χ1v) is 5.79. The molecule has 1 aromatic carbocycles. The van der Waals surface area contributed by atoms with Crippen LogP contribution in [0.15, 0.2) is 24.3 Å². The molecule has 0 heterocycles. The van der Waals surface area contributed by atoms with Gasteiger partial charge in [-0.25, -0.2) is 0 Å². The predicted molar refractivity (Wildman–Crippen MR) is 70.4 cm³/mol. The van der Waals surface area contributed by atoms with Crippen LogP contribution in [0, 0.1) is 12.3 Å². The normalized spacial score (nSPS) is 13.2. The molecule has 0 aliphatic carbocycles. The van der Waals surface area contributed by atoms with E-state index < -0.39 is 0 Å². The highest BCUT2D eigenvalue weighted by Crippen LogP contribution is 2.23. The maximum absolute atomic E-state index is 5.50. The van der Waals surface area contributed by atoms with Crippen molar-refractivity contribution in [1.29, 1.82) is 0 Å². The Labute approximate surface area is 99.3 Å². The lowest BCUT2D eigenvalue weighted by Crippen LogP contribution is -2.19. The standard InChI is InChI=1S/C15H21N/c1-6-14(16-7-2)12-8-10-13(11-9-12)15(3,4)5/h1,8-11,14,16H,7H2,2-5H3. The Balaban J connectivity index is 2.90. The van der Waals surface area contributed by atoms with Crippen molar-refractivity contribution in [3.05, 3.63) is 35.4 Å². The first kappa shape index (κ1) is 12.8. The quantitative estimate of drug-likeness (QED) is 0.763. The van der Waals surface area contributed by atoms with Gasteiger partial charge in [-0.15, -0.1) is 6.42 Å². The van der Waals surface area contributed by atoms with Gasteiger partial charge in [0.05, 0.1) is 6.04 Å². The molecule has 0 bridgehead atoms. The summed E-state index contributed by atoms with van der Waals surface area (Å²) in [4.78, 5) is 0. The number of rotatable bonds is 3. The minimum atomic E-state index is 0.0269. The molecule has 86 valence electrons. The molecule has 0 saturated heterocycles. The summed E-state index contributed by atoms with van der Waals surface area (Å²) in [7, 11) is 0.